The highest BCUT2D eigenvalue weighted by molar-refractivity contribution is 7.80. The highest BCUT2D eigenvalue weighted by Gasteiger charge is 2.05. The van der Waals surface area contributed by atoms with E-state index < -0.39 is 0 Å². The monoisotopic (exact) mass is 238 g/mol. The van der Waals surface area contributed by atoms with Crippen molar-refractivity contribution in [1.29, 1.82) is 0 Å². The maximum Gasteiger partial charge on any atom is 0.171 e. The molecule has 3 nitrogen and oxygen atoms in total. The lowest BCUT2D eigenvalue weighted by atomic mass is 10.2. The van der Waals surface area contributed by atoms with Gasteiger partial charge in [-0.25, -0.2) is 0 Å². The topological polar surface area (TPSA) is 44.3 Å². The van der Waals surface area contributed by atoms with Gasteiger partial charge in [0.05, 0.1) is 12.6 Å². The van der Waals surface area contributed by atoms with Crippen LogP contribution in [0.4, 0.5) is 5.69 Å². The molecule has 0 aliphatic heterocycles. The van der Waals surface area contributed by atoms with Gasteiger partial charge in [0.1, 0.15) is 0 Å². The third-order valence-corrected chi connectivity index (χ3v) is 2.58. The van der Waals surface area contributed by atoms with Crippen LogP contribution in [0.15, 0.2) is 24.3 Å². The molecule has 1 aromatic rings. The Morgan fingerprint density at radius 2 is 2.00 bits per heavy atom. The van der Waals surface area contributed by atoms with E-state index in [9.17, 15) is 0 Å². The lowest BCUT2D eigenvalue weighted by Gasteiger charge is -2.17. The Morgan fingerprint density at radius 3 is 2.50 bits per heavy atom. The lowest BCUT2D eigenvalue weighted by Crippen LogP contribution is -2.39. The molecular formula is C12H18N2OS. The van der Waals surface area contributed by atoms with Gasteiger partial charge in [0.25, 0.3) is 0 Å². The van der Waals surface area contributed by atoms with Crippen LogP contribution in [-0.2, 0) is 0 Å². The summed E-state index contributed by atoms with van der Waals surface area (Å²) >= 11 is 5.14. The van der Waals surface area contributed by atoms with Gasteiger partial charge in [0.2, 0.25) is 0 Å². The molecule has 16 heavy (non-hydrogen) atoms. The Hall–Kier alpha value is -1.13. The van der Waals surface area contributed by atoms with Gasteiger partial charge < -0.3 is 15.7 Å². The number of nitrogens with one attached hydrogen (secondary N) is 2. The quantitative estimate of drug-likeness (QED) is 0.703. The van der Waals surface area contributed by atoms with Crippen molar-refractivity contribution in [3.05, 3.63) is 29.8 Å². The van der Waals surface area contributed by atoms with Gasteiger partial charge in [-0.15, -0.1) is 0 Å². The van der Waals surface area contributed by atoms with Crippen LogP contribution in [0.2, 0.25) is 0 Å². The molecule has 0 fully saturated rings. The minimum atomic E-state index is 0.0189. The predicted molar refractivity (Wildman–Crippen MR) is 71.7 cm³/mol. The fourth-order valence-electron chi connectivity index (χ4n) is 1.27. The molecule has 0 aliphatic rings. The fourth-order valence-corrected chi connectivity index (χ4v) is 1.55. The van der Waals surface area contributed by atoms with Crippen LogP contribution < -0.4 is 10.6 Å². The number of benzene rings is 1. The summed E-state index contributed by atoms with van der Waals surface area (Å²) in [6, 6.07) is 8.01. The van der Waals surface area contributed by atoms with Gasteiger partial charge in [-0.1, -0.05) is 24.6 Å². The Labute approximate surface area is 102 Å². The normalized spacial score (nSPS) is 11.9. The lowest BCUT2D eigenvalue weighted by molar-refractivity contribution is 0.253. The van der Waals surface area contributed by atoms with Gasteiger partial charge in [0.15, 0.2) is 5.11 Å². The molecule has 0 amide bonds. The minimum absolute atomic E-state index is 0.0189. The molecular weight excluding hydrogens is 220 g/mol. The van der Waals surface area contributed by atoms with E-state index in [0.29, 0.717) is 5.11 Å². The van der Waals surface area contributed by atoms with E-state index >= 15 is 0 Å². The van der Waals surface area contributed by atoms with E-state index in [0.717, 1.165) is 12.1 Å². The van der Waals surface area contributed by atoms with Gasteiger partial charge in [-0.3, -0.25) is 0 Å². The molecule has 0 saturated carbocycles. The first-order chi connectivity index (χ1) is 7.65. The van der Waals surface area contributed by atoms with Crippen LogP contribution in [0.25, 0.3) is 0 Å². The molecule has 1 atom stereocenters. The second-order valence-electron chi connectivity index (χ2n) is 3.75. The third kappa shape index (κ3) is 4.16. The van der Waals surface area contributed by atoms with Crippen LogP contribution in [0.5, 0.6) is 0 Å². The van der Waals surface area contributed by atoms with Crippen molar-refractivity contribution < 1.29 is 5.11 Å². The number of hydrogen-bond donors (Lipinski definition) is 3. The predicted octanol–water partition coefficient (Wildman–Crippen LogP) is 2.05. The Morgan fingerprint density at radius 1 is 1.38 bits per heavy atom. The maximum absolute atomic E-state index is 9.03. The molecule has 0 aromatic heterocycles. The Kier molecular flexibility index (Phi) is 5.22. The number of anilines is 1. The summed E-state index contributed by atoms with van der Waals surface area (Å²) in [4.78, 5) is 0. The van der Waals surface area contributed by atoms with Crippen LogP contribution in [0.3, 0.4) is 0 Å². The summed E-state index contributed by atoms with van der Waals surface area (Å²) < 4.78 is 0. The van der Waals surface area contributed by atoms with Gasteiger partial charge >= 0.3 is 0 Å². The van der Waals surface area contributed by atoms with E-state index in [2.05, 4.69) is 10.6 Å². The first-order valence-electron chi connectivity index (χ1n) is 5.40. The van der Waals surface area contributed by atoms with E-state index in [1.807, 2.05) is 38.1 Å². The zero-order valence-electron chi connectivity index (χ0n) is 9.66. The van der Waals surface area contributed by atoms with Crippen LogP contribution in [-0.4, -0.2) is 22.9 Å². The van der Waals surface area contributed by atoms with Crippen molar-refractivity contribution in [1.82, 2.24) is 5.32 Å². The van der Waals surface area contributed by atoms with Crippen molar-refractivity contribution in [3.8, 4) is 0 Å². The molecule has 1 rings (SSSR count). The van der Waals surface area contributed by atoms with E-state index in [1.54, 1.807) is 0 Å². The number of aliphatic hydroxyl groups excluding tert-OH is 1. The molecule has 0 aliphatic carbocycles. The van der Waals surface area contributed by atoms with Crippen molar-refractivity contribution in [2.24, 2.45) is 0 Å². The van der Waals surface area contributed by atoms with Crippen LogP contribution in [0, 0.1) is 6.92 Å². The van der Waals surface area contributed by atoms with E-state index in [4.69, 9.17) is 17.3 Å². The summed E-state index contributed by atoms with van der Waals surface area (Å²) in [7, 11) is 0. The molecule has 0 saturated heterocycles. The molecule has 1 aromatic carbocycles. The number of hydrogen-bond acceptors (Lipinski definition) is 2. The Balaban J connectivity index is 2.48. The van der Waals surface area contributed by atoms with Crippen molar-refractivity contribution in [2.75, 3.05) is 11.9 Å². The van der Waals surface area contributed by atoms with Crippen molar-refractivity contribution in [3.63, 3.8) is 0 Å². The highest BCUT2D eigenvalue weighted by Crippen LogP contribution is 2.08. The van der Waals surface area contributed by atoms with Gasteiger partial charge in [0, 0.05) is 5.69 Å². The first kappa shape index (κ1) is 12.9. The number of aliphatic hydroxyl groups is 1. The molecule has 3 N–H and O–H groups in total. The maximum atomic E-state index is 9.03. The minimum Gasteiger partial charge on any atom is -0.394 e. The smallest absolute Gasteiger partial charge is 0.171 e. The number of thiocarbonyl (C=S) groups is 1. The molecule has 1 unspecified atom stereocenters. The molecule has 0 spiro atoms. The highest BCUT2D eigenvalue weighted by atomic mass is 32.1. The third-order valence-electron chi connectivity index (χ3n) is 2.36. The molecule has 88 valence electrons. The molecule has 0 heterocycles. The fraction of sp³-hybridized carbons (Fsp3) is 0.417. The van der Waals surface area contributed by atoms with E-state index in [-0.39, 0.29) is 12.6 Å². The summed E-state index contributed by atoms with van der Waals surface area (Å²) in [5, 5.41) is 15.7. The van der Waals surface area contributed by atoms with Crippen molar-refractivity contribution >= 4 is 23.0 Å². The SMILES string of the molecule is CCC(CO)NC(=S)Nc1ccc(C)cc1. The average molecular weight is 238 g/mol. The molecule has 0 bridgehead atoms. The van der Waals surface area contributed by atoms with Crippen molar-refractivity contribution in [2.45, 2.75) is 26.3 Å². The standard InChI is InChI=1S/C12H18N2OS/c1-3-10(8-15)13-12(16)14-11-6-4-9(2)5-7-11/h4-7,10,15H,3,8H2,1-2H3,(H2,13,14,16). The Bertz CT molecular complexity index is 333. The number of rotatable bonds is 4. The molecule has 0 radical (unpaired) electrons. The summed E-state index contributed by atoms with van der Waals surface area (Å²) in [5.41, 5.74) is 2.17. The summed E-state index contributed by atoms with van der Waals surface area (Å²) in [5.74, 6) is 0. The molecule has 4 heteroatoms. The van der Waals surface area contributed by atoms with Crippen LogP contribution in [0.1, 0.15) is 18.9 Å². The largest absolute Gasteiger partial charge is 0.394 e. The second kappa shape index (κ2) is 6.45. The number of aryl methyl sites for hydroxylation is 1. The first-order valence-corrected chi connectivity index (χ1v) is 5.81. The van der Waals surface area contributed by atoms with Gasteiger partial charge in [-0.2, -0.15) is 0 Å². The van der Waals surface area contributed by atoms with E-state index in [1.165, 1.54) is 5.56 Å². The average Bonchev–Trinajstić information content (AvgIpc) is 2.29. The zero-order valence-corrected chi connectivity index (χ0v) is 10.5. The zero-order chi connectivity index (χ0) is 12.0. The second-order valence-corrected chi connectivity index (χ2v) is 4.16. The van der Waals surface area contributed by atoms with Gasteiger partial charge in [-0.05, 0) is 37.7 Å². The summed E-state index contributed by atoms with van der Waals surface area (Å²) in [6.07, 6.45) is 0.840. The summed E-state index contributed by atoms with van der Waals surface area (Å²) in [6.45, 7) is 4.13. The van der Waals surface area contributed by atoms with Crippen LogP contribution >= 0.6 is 12.2 Å².